The number of piperazine rings is 1. The summed E-state index contributed by atoms with van der Waals surface area (Å²) in [5, 5.41) is 5.85. The minimum absolute atomic E-state index is 0.290. The zero-order valence-electron chi connectivity index (χ0n) is 12.5. The number of fused-ring (bicyclic) bond motifs is 1. The fourth-order valence-electron chi connectivity index (χ4n) is 3.01. The van der Waals surface area contributed by atoms with Crippen LogP contribution >= 0.6 is 0 Å². The first-order valence-corrected chi connectivity index (χ1v) is 7.47. The summed E-state index contributed by atoms with van der Waals surface area (Å²) < 4.78 is 5.28. The molecule has 0 radical (unpaired) electrons. The Morgan fingerprint density at radius 1 is 1.14 bits per heavy atom. The van der Waals surface area contributed by atoms with Crippen molar-refractivity contribution in [1.29, 1.82) is 0 Å². The van der Waals surface area contributed by atoms with Crippen molar-refractivity contribution in [2.75, 3.05) is 33.3 Å². The lowest BCUT2D eigenvalue weighted by Crippen LogP contribution is -2.44. The van der Waals surface area contributed by atoms with Gasteiger partial charge in [0, 0.05) is 26.2 Å². The van der Waals surface area contributed by atoms with Gasteiger partial charge in [-0.2, -0.15) is 0 Å². The first-order valence-electron chi connectivity index (χ1n) is 7.47. The molecule has 0 saturated carbocycles. The van der Waals surface area contributed by atoms with E-state index in [-0.39, 0.29) is 0 Å². The number of nitrogens with one attached hydrogen (secondary N) is 1. The van der Waals surface area contributed by atoms with Crippen molar-refractivity contribution in [2.45, 2.75) is 6.04 Å². The van der Waals surface area contributed by atoms with E-state index in [4.69, 9.17) is 4.74 Å². The third-order valence-electron chi connectivity index (χ3n) is 4.18. The van der Waals surface area contributed by atoms with Crippen LogP contribution in [0.15, 0.2) is 49.1 Å². The van der Waals surface area contributed by atoms with Gasteiger partial charge in [0.1, 0.15) is 5.75 Å². The van der Waals surface area contributed by atoms with E-state index in [2.05, 4.69) is 53.2 Å². The maximum atomic E-state index is 5.28. The minimum Gasteiger partial charge on any atom is -0.497 e. The van der Waals surface area contributed by atoms with E-state index in [0.717, 1.165) is 31.9 Å². The van der Waals surface area contributed by atoms with Gasteiger partial charge in [0.15, 0.2) is 0 Å². The van der Waals surface area contributed by atoms with E-state index in [1.54, 1.807) is 7.11 Å². The Morgan fingerprint density at radius 3 is 2.57 bits per heavy atom. The number of nitrogens with zero attached hydrogens (tertiary/aromatic N) is 1. The highest BCUT2D eigenvalue weighted by atomic mass is 16.5. The molecule has 0 unspecified atom stereocenters. The molecule has 3 rings (SSSR count). The van der Waals surface area contributed by atoms with E-state index in [9.17, 15) is 0 Å². The standard InChI is InChI=1S/C18H22N2O/c1-3-18(20-10-8-19-9-11-20)16-5-4-15-13-17(21-2)7-6-14(15)12-16/h3-7,12-13,18-19H,1,8-11H2,2H3/t18-/m1/s1. The molecular weight excluding hydrogens is 260 g/mol. The molecule has 0 aliphatic carbocycles. The Balaban J connectivity index is 1.93. The lowest BCUT2D eigenvalue weighted by atomic mass is 10.00. The van der Waals surface area contributed by atoms with Gasteiger partial charge < -0.3 is 10.1 Å². The zero-order valence-corrected chi connectivity index (χ0v) is 12.5. The van der Waals surface area contributed by atoms with Crippen molar-refractivity contribution in [3.05, 3.63) is 54.6 Å². The van der Waals surface area contributed by atoms with Crippen LogP contribution in [0.5, 0.6) is 5.75 Å². The first kappa shape index (κ1) is 14.1. The van der Waals surface area contributed by atoms with Gasteiger partial charge in [0.05, 0.1) is 13.2 Å². The Bertz CT molecular complexity index is 632. The summed E-state index contributed by atoms with van der Waals surface area (Å²) in [6, 6.07) is 13.1. The van der Waals surface area contributed by atoms with Gasteiger partial charge in [-0.3, -0.25) is 4.90 Å². The number of hydrogen-bond donors (Lipinski definition) is 1. The lowest BCUT2D eigenvalue weighted by molar-refractivity contribution is 0.203. The average molecular weight is 282 g/mol. The molecular formula is C18H22N2O. The Labute approximate surface area is 126 Å². The normalized spacial score (nSPS) is 17.6. The van der Waals surface area contributed by atoms with Gasteiger partial charge in [-0.15, -0.1) is 6.58 Å². The topological polar surface area (TPSA) is 24.5 Å². The van der Waals surface area contributed by atoms with Crippen LogP contribution in [0.3, 0.4) is 0 Å². The van der Waals surface area contributed by atoms with Crippen molar-refractivity contribution >= 4 is 10.8 Å². The van der Waals surface area contributed by atoms with Crippen molar-refractivity contribution in [2.24, 2.45) is 0 Å². The molecule has 1 N–H and O–H groups in total. The fourth-order valence-corrected chi connectivity index (χ4v) is 3.01. The Kier molecular flexibility index (Phi) is 4.23. The molecule has 1 aliphatic rings. The summed E-state index contributed by atoms with van der Waals surface area (Å²) >= 11 is 0. The van der Waals surface area contributed by atoms with Crippen LogP contribution in [-0.4, -0.2) is 38.2 Å². The monoisotopic (exact) mass is 282 g/mol. The molecule has 110 valence electrons. The van der Waals surface area contributed by atoms with Crippen LogP contribution in [0.25, 0.3) is 10.8 Å². The fraction of sp³-hybridized carbons (Fsp3) is 0.333. The predicted molar refractivity (Wildman–Crippen MR) is 87.9 cm³/mol. The number of hydrogen-bond acceptors (Lipinski definition) is 3. The predicted octanol–water partition coefficient (Wildman–Crippen LogP) is 2.98. The van der Waals surface area contributed by atoms with Crippen LogP contribution in [0.1, 0.15) is 11.6 Å². The summed E-state index contributed by atoms with van der Waals surface area (Å²) in [4.78, 5) is 2.48. The minimum atomic E-state index is 0.290. The largest absolute Gasteiger partial charge is 0.497 e. The van der Waals surface area contributed by atoms with Crippen molar-refractivity contribution in [1.82, 2.24) is 10.2 Å². The van der Waals surface area contributed by atoms with E-state index in [1.807, 2.05) is 6.07 Å². The third-order valence-corrected chi connectivity index (χ3v) is 4.18. The molecule has 0 bridgehead atoms. The van der Waals surface area contributed by atoms with Crippen LogP contribution in [0, 0.1) is 0 Å². The molecule has 1 atom stereocenters. The first-order chi connectivity index (χ1) is 10.3. The summed E-state index contributed by atoms with van der Waals surface area (Å²) in [5.41, 5.74) is 1.31. The van der Waals surface area contributed by atoms with Gasteiger partial charge in [-0.1, -0.05) is 24.3 Å². The third kappa shape index (κ3) is 2.94. The van der Waals surface area contributed by atoms with E-state index in [1.165, 1.54) is 16.3 Å². The Hall–Kier alpha value is -1.84. The molecule has 3 heteroatoms. The van der Waals surface area contributed by atoms with Crippen molar-refractivity contribution in [3.8, 4) is 5.75 Å². The molecule has 1 fully saturated rings. The van der Waals surface area contributed by atoms with Crippen LogP contribution in [0.4, 0.5) is 0 Å². The molecule has 21 heavy (non-hydrogen) atoms. The molecule has 0 amide bonds. The molecule has 1 heterocycles. The maximum absolute atomic E-state index is 5.28. The zero-order chi connectivity index (χ0) is 14.7. The van der Waals surface area contributed by atoms with Crippen LogP contribution < -0.4 is 10.1 Å². The number of rotatable bonds is 4. The van der Waals surface area contributed by atoms with Gasteiger partial charge in [-0.05, 0) is 34.5 Å². The van der Waals surface area contributed by atoms with Crippen molar-refractivity contribution in [3.63, 3.8) is 0 Å². The second-order valence-corrected chi connectivity index (χ2v) is 5.44. The molecule has 1 aliphatic heterocycles. The molecule has 3 nitrogen and oxygen atoms in total. The van der Waals surface area contributed by atoms with Gasteiger partial charge in [-0.25, -0.2) is 0 Å². The smallest absolute Gasteiger partial charge is 0.119 e. The molecule has 0 spiro atoms. The second-order valence-electron chi connectivity index (χ2n) is 5.44. The second kappa shape index (κ2) is 6.29. The summed E-state index contributed by atoms with van der Waals surface area (Å²) in [6.07, 6.45) is 2.05. The summed E-state index contributed by atoms with van der Waals surface area (Å²) in [6.45, 7) is 8.27. The van der Waals surface area contributed by atoms with Gasteiger partial charge in [0.25, 0.3) is 0 Å². The van der Waals surface area contributed by atoms with E-state index in [0.29, 0.717) is 6.04 Å². The van der Waals surface area contributed by atoms with Crippen molar-refractivity contribution < 1.29 is 4.74 Å². The molecule has 1 saturated heterocycles. The van der Waals surface area contributed by atoms with E-state index < -0.39 is 0 Å². The van der Waals surface area contributed by atoms with Gasteiger partial charge >= 0.3 is 0 Å². The Morgan fingerprint density at radius 2 is 1.86 bits per heavy atom. The number of methoxy groups -OCH3 is 1. The van der Waals surface area contributed by atoms with E-state index >= 15 is 0 Å². The van der Waals surface area contributed by atoms with Crippen LogP contribution in [0.2, 0.25) is 0 Å². The maximum Gasteiger partial charge on any atom is 0.119 e. The number of benzene rings is 2. The SMILES string of the molecule is C=C[C@H](c1ccc2cc(OC)ccc2c1)N1CCNCC1. The summed E-state index contributed by atoms with van der Waals surface area (Å²) in [7, 11) is 1.70. The molecule has 2 aromatic rings. The quantitative estimate of drug-likeness (QED) is 0.873. The highest BCUT2D eigenvalue weighted by Crippen LogP contribution is 2.27. The van der Waals surface area contributed by atoms with Crippen LogP contribution in [-0.2, 0) is 0 Å². The number of ether oxygens (including phenoxy) is 1. The average Bonchev–Trinajstić information content (AvgIpc) is 2.56. The highest BCUT2D eigenvalue weighted by Gasteiger charge is 2.19. The lowest BCUT2D eigenvalue weighted by Gasteiger charge is -2.33. The molecule has 2 aromatic carbocycles. The van der Waals surface area contributed by atoms with Gasteiger partial charge in [0.2, 0.25) is 0 Å². The summed E-state index contributed by atoms with van der Waals surface area (Å²) in [5.74, 6) is 0.901. The molecule has 0 aromatic heterocycles. The highest BCUT2D eigenvalue weighted by molar-refractivity contribution is 5.84.